The van der Waals surface area contributed by atoms with Crippen molar-refractivity contribution in [3.05, 3.63) is 53.5 Å². The smallest absolute Gasteiger partial charge is 0.187 e. The van der Waals surface area contributed by atoms with Crippen molar-refractivity contribution in [3.63, 3.8) is 0 Å². The summed E-state index contributed by atoms with van der Waals surface area (Å²) in [7, 11) is 0. The summed E-state index contributed by atoms with van der Waals surface area (Å²) in [5, 5.41) is 10.2. The van der Waals surface area contributed by atoms with Crippen molar-refractivity contribution in [3.8, 4) is 10.7 Å². The normalized spacial score (nSPS) is 10.9. The Morgan fingerprint density at radius 1 is 1.00 bits per heavy atom. The SMILES string of the molecule is c1cnc2ccc(Nc3nc(-c4nccs4)cs3)cc2c1. The molecule has 102 valence electrons. The van der Waals surface area contributed by atoms with Crippen molar-refractivity contribution in [2.45, 2.75) is 0 Å². The maximum atomic E-state index is 4.57. The number of nitrogens with zero attached hydrogens (tertiary/aromatic N) is 3. The molecule has 6 heteroatoms. The summed E-state index contributed by atoms with van der Waals surface area (Å²) in [5.41, 5.74) is 2.92. The fourth-order valence-corrected chi connectivity index (χ4v) is 3.44. The summed E-state index contributed by atoms with van der Waals surface area (Å²) >= 11 is 3.17. The standard InChI is InChI=1S/C15H10N4S2/c1-2-10-8-11(3-4-12(10)16-5-1)18-15-19-13(9-21-15)14-17-6-7-20-14/h1-9H,(H,18,19). The van der Waals surface area contributed by atoms with Gasteiger partial charge >= 0.3 is 0 Å². The Kier molecular flexibility index (Phi) is 3.10. The summed E-state index contributed by atoms with van der Waals surface area (Å²) in [6.07, 6.45) is 3.60. The summed E-state index contributed by atoms with van der Waals surface area (Å²) in [6.45, 7) is 0. The molecular formula is C15H10N4S2. The molecule has 0 spiro atoms. The quantitative estimate of drug-likeness (QED) is 0.603. The van der Waals surface area contributed by atoms with Crippen LogP contribution in [-0.4, -0.2) is 15.0 Å². The number of anilines is 2. The van der Waals surface area contributed by atoms with Crippen molar-refractivity contribution < 1.29 is 0 Å². The van der Waals surface area contributed by atoms with Gasteiger partial charge in [0.1, 0.15) is 10.7 Å². The summed E-state index contributed by atoms with van der Waals surface area (Å²) in [4.78, 5) is 13.2. The fourth-order valence-electron chi connectivity index (χ4n) is 2.06. The highest BCUT2D eigenvalue weighted by Gasteiger charge is 2.07. The van der Waals surface area contributed by atoms with Gasteiger partial charge in [-0.25, -0.2) is 9.97 Å². The van der Waals surface area contributed by atoms with Gasteiger partial charge in [0.05, 0.1) is 5.52 Å². The lowest BCUT2D eigenvalue weighted by atomic mass is 10.2. The highest BCUT2D eigenvalue weighted by atomic mass is 32.1. The van der Waals surface area contributed by atoms with Gasteiger partial charge in [-0.15, -0.1) is 22.7 Å². The van der Waals surface area contributed by atoms with Gasteiger partial charge in [0.2, 0.25) is 0 Å². The summed E-state index contributed by atoms with van der Waals surface area (Å²) < 4.78 is 0. The molecule has 3 heterocycles. The molecule has 0 unspecified atom stereocenters. The second-order valence-corrected chi connectivity index (χ2v) is 6.16. The first-order chi connectivity index (χ1) is 10.4. The van der Waals surface area contributed by atoms with E-state index in [9.17, 15) is 0 Å². The molecule has 0 amide bonds. The largest absolute Gasteiger partial charge is 0.332 e. The molecule has 1 aromatic carbocycles. The predicted molar refractivity (Wildman–Crippen MR) is 88.2 cm³/mol. The zero-order chi connectivity index (χ0) is 14.1. The molecular weight excluding hydrogens is 300 g/mol. The number of aromatic nitrogens is 3. The van der Waals surface area contributed by atoms with Crippen molar-refractivity contribution >= 4 is 44.4 Å². The fraction of sp³-hybridized carbons (Fsp3) is 0. The molecule has 3 aromatic heterocycles. The first-order valence-corrected chi connectivity index (χ1v) is 8.12. The molecule has 4 nitrogen and oxygen atoms in total. The minimum Gasteiger partial charge on any atom is -0.332 e. The molecule has 4 rings (SSSR count). The van der Waals surface area contributed by atoms with E-state index in [4.69, 9.17) is 0 Å². The van der Waals surface area contributed by atoms with Crippen LogP contribution in [0.5, 0.6) is 0 Å². The maximum absolute atomic E-state index is 4.57. The van der Waals surface area contributed by atoms with E-state index in [0.717, 1.165) is 32.4 Å². The van der Waals surface area contributed by atoms with E-state index in [1.807, 2.05) is 29.0 Å². The Morgan fingerprint density at radius 3 is 2.90 bits per heavy atom. The van der Waals surface area contributed by atoms with E-state index in [-0.39, 0.29) is 0 Å². The first-order valence-electron chi connectivity index (χ1n) is 6.36. The number of thiazole rings is 2. The predicted octanol–water partition coefficient (Wildman–Crippen LogP) is 4.56. The van der Waals surface area contributed by atoms with Crippen molar-refractivity contribution in [2.24, 2.45) is 0 Å². The lowest BCUT2D eigenvalue weighted by Gasteiger charge is -2.03. The number of hydrogen-bond donors (Lipinski definition) is 1. The van der Waals surface area contributed by atoms with Gasteiger partial charge in [0, 0.05) is 34.2 Å². The van der Waals surface area contributed by atoms with Crippen molar-refractivity contribution in [2.75, 3.05) is 5.32 Å². The van der Waals surface area contributed by atoms with Gasteiger partial charge in [-0.1, -0.05) is 6.07 Å². The van der Waals surface area contributed by atoms with E-state index < -0.39 is 0 Å². The average Bonchev–Trinajstić information content (AvgIpc) is 3.18. The van der Waals surface area contributed by atoms with Gasteiger partial charge in [0.15, 0.2) is 5.13 Å². The molecule has 4 aromatic rings. The van der Waals surface area contributed by atoms with Crippen LogP contribution in [0.2, 0.25) is 0 Å². The van der Waals surface area contributed by atoms with E-state index in [1.54, 1.807) is 35.1 Å². The Morgan fingerprint density at radius 2 is 2.00 bits per heavy atom. The Balaban J connectivity index is 1.62. The number of rotatable bonds is 3. The maximum Gasteiger partial charge on any atom is 0.187 e. The number of nitrogens with one attached hydrogen (secondary N) is 1. The topological polar surface area (TPSA) is 50.7 Å². The van der Waals surface area contributed by atoms with Crippen LogP contribution in [0.15, 0.2) is 53.5 Å². The minimum atomic E-state index is 0.864. The van der Waals surface area contributed by atoms with Crippen molar-refractivity contribution in [1.29, 1.82) is 0 Å². The lowest BCUT2D eigenvalue weighted by molar-refractivity contribution is 1.33. The third kappa shape index (κ3) is 2.51. The molecule has 0 bridgehead atoms. The molecule has 0 atom stereocenters. The van der Waals surface area contributed by atoms with Crippen LogP contribution in [0.1, 0.15) is 0 Å². The molecule has 0 aliphatic rings. The van der Waals surface area contributed by atoms with Crippen LogP contribution in [0.25, 0.3) is 21.6 Å². The Labute approximate surface area is 129 Å². The van der Waals surface area contributed by atoms with Gasteiger partial charge in [-0.05, 0) is 24.3 Å². The monoisotopic (exact) mass is 310 g/mol. The molecule has 0 radical (unpaired) electrons. The third-order valence-corrected chi connectivity index (χ3v) is 4.56. The number of hydrogen-bond acceptors (Lipinski definition) is 6. The Hall–Kier alpha value is -2.31. The van der Waals surface area contributed by atoms with Crippen LogP contribution >= 0.6 is 22.7 Å². The lowest BCUT2D eigenvalue weighted by Crippen LogP contribution is -1.90. The van der Waals surface area contributed by atoms with Crippen LogP contribution in [0.4, 0.5) is 10.8 Å². The van der Waals surface area contributed by atoms with E-state index in [1.165, 1.54) is 0 Å². The third-order valence-electron chi connectivity index (χ3n) is 3.01. The minimum absolute atomic E-state index is 0.864. The van der Waals surface area contributed by atoms with Gasteiger partial charge in [-0.3, -0.25) is 4.98 Å². The zero-order valence-electron chi connectivity index (χ0n) is 10.9. The van der Waals surface area contributed by atoms with Gasteiger partial charge < -0.3 is 5.32 Å². The molecule has 0 aliphatic carbocycles. The van der Waals surface area contributed by atoms with E-state index in [0.29, 0.717) is 0 Å². The van der Waals surface area contributed by atoms with Crippen LogP contribution in [0.3, 0.4) is 0 Å². The Bertz CT molecular complexity index is 883. The average molecular weight is 310 g/mol. The van der Waals surface area contributed by atoms with Gasteiger partial charge in [0.25, 0.3) is 0 Å². The van der Waals surface area contributed by atoms with E-state index >= 15 is 0 Å². The van der Waals surface area contributed by atoms with Crippen LogP contribution in [-0.2, 0) is 0 Å². The molecule has 21 heavy (non-hydrogen) atoms. The number of fused-ring (bicyclic) bond motifs is 1. The van der Waals surface area contributed by atoms with Crippen molar-refractivity contribution in [1.82, 2.24) is 15.0 Å². The second kappa shape index (κ2) is 5.23. The molecule has 0 saturated heterocycles. The van der Waals surface area contributed by atoms with Crippen LogP contribution < -0.4 is 5.32 Å². The number of benzene rings is 1. The summed E-state index contributed by atoms with van der Waals surface area (Å²) in [6, 6.07) is 10.1. The molecule has 0 fully saturated rings. The van der Waals surface area contributed by atoms with Gasteiger partial charge in [-0.2, -0.15) is 0 Å². The van der Waals surface area contributed by atoms with E-state index in [2.05, 4.69) is 32.4 Å². The summed E-state index contributed by atoms with van der Waals surface area (Å²) in [5.74, 6) is 0. The zero-order valence-corrected chi connectivity index (χ0v) is 12.5. The number of pyridine rings is 1. The highest BCUT2D eigenvalue weighted by molar-refractivity contribution is 7.15. The molecule has 0 aliphatic heterocycles. The molecule has 0 saturated carbocycles. The molecule has 1 N–H and O–H groups in total. The highest BCUT2D eigenvalue weighted by Crippen LogP contribution is 2.28. The second-order valence-electron chi connectivity index (χ2n) is 4.41. The first kappa shape index (κ1) is 12.4. The van der Waals surface area contributed by atoms with Crippen LogP contribution in [0, 0.1) is 0 Å².